The Hall–Kier alpha value is -1.09. The minimum absolute atomic E-state index is 0.0353. The first-order valence-electron chi connectivity index (χ1n) is 6.43. The van der Waals surface area contributed by atoms with E-state index in [2.05, 4.69) is 11.9 Å². The molecule has 1 heterocycles. The van der Waals surface area contributed by atoms with E-state index in [9.17, 15) is 4.79 Å². The molecule has 2 rings (SSSR count). The molecule has 0 bridgehead atoms. The van der Waals surface area contributed by atoms with Crippen LogP contribution >= 0.6 is 11.6 Å². The van der Waals surface area contributed by atoms with Gasteiger partial charge < -0.3 is 4.90 Å². The van der Waals surface area contributed by atoms with Crippen LogP contribution in [0, 0.1) is 11.8 Å². The lowest BCUT2D eigenvalue weighted by Crippen LogP contribution is -2.29. The molecule has 0 saturated heterocycles. The fraction of sp³-hybridized carbons (Fsp3) is 0.571. The van der Waals surface area contributed by atoms with Crippen molar-refractivity contribution in [1.29, 1.82) is 0 Å². The van der Waals surface area contributed by atoms with Gasteiger partial charge in [-0.15, -0.1) is 0 Å². The fourth-order valence-corrected chi connectivity index (χ4v) is 2.39. The smallest absolute Gasteiger partial charge is 0.253 e. The van der Waals surface area contributed by atoms with Gasteiger partial charge in [0.25, 0.3) is 5.91 Å². The average Bonchev–Trinajstić information content (AvgIpc) is 3.02. The van der Waals surface area contributed by atoms with Crippen LogP contribution in [0.4, 0.5) is 0 Å². The van der Waals surface area contributed by atoms with E-state index in [0.29, 0.717) is 16.6 Å². The summed E-state index contributed by atoms with van der Waals surface area (Å²) in [5.74, 6) is 1.46. The highest BCUT2D eigenvalue weighted by Gasteiger charge is 2.34. The Morgan fingerprint density at radius 3 is 2.78 bits per heavy atom. The van der Waals surface area contributed by atoms with Crippen molar-refractivity contribution in [3.8, 4) is 0 Å². The largest absolute Gasteiger partial charge is 0.341 e. The number of aryl methyl sites for hydroxylation is 1. The van der Waals surface area contributed by atoms with Crippen LogP contribution in [0.5, 0.6) is 0 Å². The maximum absolute atomic E-state index is 12.3. The lowest BCUT2D eigenvalue weighted by atomic mass is 10.1. The topological polar surface area (TPSA) is 33.2 Å². The number of pyridine rings is 1. The Labute approximate surface area is 113 Å². The van der Waals surface area contributed by atoms with E-state index >= 15 is 0 Å². The van der Waals surface area contributed by atoms with Crippen LogP contribution < -0.4 is 0 Å². The van der Waals surface area contributed by atoms with Crippen LogP contribution in [-0.2, 0) is 6.42 Å². The summed E-state index contributed by atoms with van der Waals surface area (Å²) in [7, 11) is 1.85. The highest BCUT2D eigenvalue weighted by molar-refractivity contribution is 6.29. The Balaban J connectivity index is 2.09. The average molecular weight is 267 g/mol. The van der Waals surface area contributed by atoms with Crippen molar-refractivity contribution in [3.63, 3.8) is 0 Å². The van der Waals surface area contributed by atoms with E-state index in [1.807, 2.05) is 20.0 Å². The molecule has 1 aromatic rings. The van der Waals surface area contributed by atoms with Crippen molar-refractivity contribution in [2.45, 2.75) is 26.7 Å². The number of rotatable bonds is 4. The highest BCUT2D eigenvalue weighted by Crippen LogP contribution is 2.38. The lowest BCUT2D eigenvalue weighted by Gasteiger charge is -2.17. The Morgan fingerprint density at radius 2 is 2.22 bits per heavy atom. The molecule has 1 fully saturated rings. The van der Waals surface area contributed by atoms with Crippen LogP contribution in [0.2, 0.25) is 5.15 Å². The number of aromatic nitrogens is 1. The molecular weight excluding hydrogens is 248 g/mol. The van der Waals surface area contributed by atoms with Gasteiger partial charge in [0.2, 0.25) is 0 Å². The summed E-state index contributed by atoms with van der Waals surface area (Å²) in [6.45, 7) is 5.06. The number of hydrogen-bond acceptors (Lipinski definition) is 2. The normalized spacial score (nSPS) is 21.8. The van der Waals surface area contributed by atoms with Gasteiger partial charge in [0.15, 0.2) is 0 Å². The molecule has 1 aliphatic carbocycles. The second-order valence-electron chi connectivity index (χ2n) is 5.18. The zero-order valence-corrected chi connectivity index (χ0v) is 11.9. The first-order valence-corrected chi connectivity index (χ1v) is 6.81. The van der Waals surface area contributed by atoms with Crippen molar-refractivity contribution in [2.75, 3.05) is 13.6 Å². The molecule has 0 aromatic carbocycles. The molecule has 0 aliphatic heterocycles. The van der Waals surface area contributed by atoms with Gasteiger partial charge in [0, 0.05) is 24.8 Å². The molecule has 4 heteroatoms. The molecule has 1 aromatic heterocycles. The highest BCUT2D eigenvalue weighted by atomic mass is 35.5. The van der Waals surface area contributed by atoms with Gasteiger partial charge in [0.05, 0.1) is 0 Å². The Bertz CT molecular complexity index is 461. The molecule has 1 saturated carbocycles. The van der Waals surface area contributed by atoms with Crippen molar-refractivity contribution >= 4 is 17.5 Å². The van der Waals surface area contributed by atoms with Crippen LogP contribution in [0.15, 0.2) is 12.1 Å². The van der Waals surface area contributed by atoms with Gasteiger partial charge in [0.1, 0.15) is 5.15 Å². The molecule has 1 aliphatic rings. The maximum atomic E-state index is 12.3. The number of carbonyl (C=O) groups excluding carboxylic acids is 1. The molecular formula is C14H19ClN2O. The van der Waals surface area contributed by atoms with E-state index in [1.54, 1.807) is 11.0 Å². The first kappa shape index (κ1) is 13.3. The van der Waals surface area contributed by atoms with Gasteiger partial charge in [-0.3, -0.25) is 4.79 Å². The van der Waals surface area contributed by atoms with Gasteiger partial charge in [-0.05, 0) is 36.8 Å². The molecule has 2 unspecified atom stereocenters. The van der Waals surface area contributed by atoms with Crippen LogP contribution in [0.25, 0.3) is 0 Å². The molecule has 98 valence electrons. The van der Waals surface area contributed by atoms with Crippen molar-refractivity contribution in [1.82, 2.24) is 9.88 Å². The summed E-state index contributed by atoms with van der Waals surface area (Å²) in [5.41, 5.74) is 1.50. The molecule has 2 atom stereocenters. The zero-order chi connectivity index (χ0) is 13.3. The van der Waals surface area contributed by atoms with Gasteiger partial charge in [-0.25, -0.2) is 4.98 Å². The van der Waals surface area contributed by atoms with Gasteiger partial charge in [-0.1, -0.05) is 25.4 Å². The van der Waals surface area contributed by atoms with Gasteiger partial charge >= 0.3 is 0 Å². The predicted octanol–water partition coefficient (Wildman–Crippen LogP) is 3.03. The number of nitrogens with zero attached hydrogens (tertiary/aromatic N) is 2. The summed E-state index contributed by atoms with van der Waals surface area (Å²) >= 11 is 5.94. The second kappa shape index (κ2) is 5.27. The molecule has 18 heavy (non-hydrogen) atoms. The van der Waals surface area contributed by atoms with Crippen molar-refractivity contribution in [2.24, 2.45) is 11.8 Å². The van der Waals surface area contributed by atoms with Crippen LogP contribution in [0.3, 0.4) is 0 Å². The van der Waals surface area contributed by atoms with E-state index in [-0.39, 0.29) is 5.91 Å². The Kier molecular flexibility index (Phi) is 3.91. The summed E-state index contributed by atoms with van der Waals surface area (Å²) in [5, 5.41) is 0.394. The standard InChI is InChI=1S/C14H19ClN2O/c1-4-12-6-10(7-13(15)16-12)14(18)17(3)8-11-5-9(11)2/h6-7,9,11H,4-5,8H2,1-3H3. The SMILES string of the molecule is CCc1cc(C(=O)N(C)CC2CC2C)cc(Cl)n1. The number of carbonyl (C=O) groups is 1. The third-order valence-corrected chi connectivity index (χ3v) is 3.78. The second-order valence-corrected chi connectivity index (χ2v) is 5.57. The zero-order valence-electron chi connectivity index (χ0n) is 11.1. The van der Waals surface area contributed by atoms with Gasteiger partial charge in [-0.2, -0.15) is 0 Å². The third kappa shape index (κ3) is 3.02. The number of amides is 1. The quantitative estimate of drug-likeness (QED) is 0.785. The minimum Gasteiger partial charge on any atom is -0.341 e. The molecule has 0 radical (unpaired) electrons. The lowest BCUT2D eigenvalue weighted by molar-refractivity contribution is 0.0787. The third-order valence-electron chi connectivity index (χ3n) is 3.59. The summed E-state index contributed by atoms with van der Waals surface area (Å²) < 4.78 is 0. The maximum Gasteiger partial charge on any atom is 0.253 e. The summed E-state index contributed by atoms with van der Waals surface area (Å²) in [6.07, 6.45) is 2.01. The van der Waals surface area contributed by atoms with E-state index < -0.39 is 0 Å². The minimum atomic E-state index is 0.0353. The fourth-order valence-electron chi connectivity index (χ4n) is 2.16. The molecule has 1 amide bonds. The number of hydrogen-bond donors (Lipinski definition) is 0. The predicted molar refractivity (Wildman–Crippen MR) is 72.9 cm³/mol. The van der Waals surface area contributed by atoms with Crippen LogP contribution in [-0.4, -0.2) is 29.4 Å². The molecule has 3 nitrogen and oxygen atoms in total. The van der Waals surface area contributed by atoms with E-state index in [4.69, 9.17) is 11.6 Å². The molecule has 0 N–H and O–H groups in total. The van der Waals surface area contributed by atoms with E-state index in [0.717, 1.165) is 24.6 Å². The first-order chi connectivity index (χ1) is 8.51. The van der Waals surface area contributed by atoms with E-state index in [1.165, 1.54) is 6.42 Å². The van der Waals surface area contributed by atoms with Crippen molar-refractivity contribution in [3.05, 3.63) is 28.5 Å². The monoisotopic (exact) mass is 266 g/mol. The number of halogens is 1. The van der Waals surface area contributed by atoms with Crippen molar-refractivity contribution < 1.29 is 4.79 Å². The summed E-state index contributed by atoms with van der Waals surface area (Å²) in [4.78, 5) is 18.2. The Morgan fingerprint density at radius 1 is 1.56 bits per heavy atom. The van der Waals surface area contributed by atoms with Crippen LogP contribution in [0.1, 0.15) is 36.3 Å². The molecule has 0 spiro atoms. The summed E-state index contributed by atoms with van der Waals surface area (Å²) in [6, 6.07) is 3.48.